The first-order chi connectivity index (χ1) is 9.51. The normalized spacial score (nSPS) is 10.4. The maximum Gasteiger partial charge on any atom is 0.369 e. The van der Waals surface area contributed by atoms with Crippen molar-refractivity contribution in [3.63, 3.8) is 0 Å². The van der Waals surface area contributed by atoms with Crippen molar-refractivity contribution in [2.24, 2.45) is 0 Å². The van der Waals surface area contributed by atoms with Crippen LogP contribution in [0.4, 0.5) is 8.78 Å². The van der Waals surface area contributed by atoms with E-state index < -0.39 is 17.6 Å². The molecule has 0 aliphatic carbocycles. The SMILES string of the molecule is CCOC(=O)c1nnc(Oc2cc(Br)cc(F)c2F)s1. The molecular formula is C11H7BrF2N2O3S. The summed E-state index contributed by atoms with van der Waals surface area (Å²) in [6.45, 7) is 1.84. The van der Waals surface area contributed by atoms with Crippen LogP contribution in [-0.2, 0) is 4.74 Å². The van der Waals surface area contributed by atoms with Gasteiger partial charge in [0.25, 0.3) is 5.19 Å². The van der Waals surface area contributed by atoms with E-state index in [0.29, 0.717) is 4.47 Å². The minimum atomic E-state index is -1.15. The molecule has 0 N–H and O–H groups in total. The van der Waals surface area contributed by atoms with Gasteiger partial charge in [-0.1, -0.05) is 21.0 Å². The van der Waals surface area contributed by atoms with E-state index in [4.69, 9.17) is 9.47 Å². The molecule has 0 fully saturated rings. The Bertz CT molecular complexity index is 651. The second-order valence-electron chi connectivity index (χ2n) is 3.40. The summed E-state index contributed by atoms with van der Waals surface area (Å²) in [5, 5.41) is 6.98. The molecule has 0 saturated carbocycles. The fourth-order valence-electron chi connectivity index (χ4n) is 1.23. The van der Waals surface area contributed by atoms with Crippen LogP contribution in [0.3, 0.4) is 0 Å². The first-order valence-electron chi connectivity index (χ1n) is 5.34. The van der Waals surface area contributed by atoms with Crippen molar-refractivity contribution in [2.45, 2.75) is 6.92 Å². The summed E-state index contributed by atoms with van der Waals surface area (Å²) < 4.78 is 36.8. The van der Waals surface area contributed by atoms with Crippen molar-refractivity contribution < 1.29 is 23.0 Å². The Morgan fingerprint density at radius 1 is 1.40 bits per heavy atom. The average molecular weight is 365 g/mol. The number of aromatic nitrogens is 2. The lowest BCUT2D eigenvalue weighted by Crippen LogP contribution is -2.03. The van der Waals surface area contributed by atoms with Crippen LogP contribution in [0.1, 0.15) is 16.7 Å². The third-order valence-corrected chi connectivity index (χ3v) is 3.25. The summed E-state index contributed by atoms with van der Waals surface area (Å²) in [6.07, 6.45) is 0. The van der Waals surface area contributed by atoms with Crippen molar-refractivity contribution in [3.05, 3.63) is 33.2 Å². The lowest BCUT2D eigenvalue weighted by molar-refractivity contribution is 0.0525. The second-order valence-corrected chi connectivity index (χ2v) is 5.25. The zero-order valence-corrected chi connectivity index (χ0v) is 12.4. The number of benzene rings is 1. The van der Waals surface area contributed by atoms with Crippen molar-refractivity contribution in [1.29, 1.82) is 0 Å². The van der Waals surface area contributed by atoms with Gasteiger partial charge in [-0.15, -0.1) is 5.10 Å². The maximum absolute atomic E-state index is 13.5. The molecule has 5 nitrogen and oxygen atoms in total. The van der Waals surface area contributed by atoms with Crippen LogP contribution in [-0.4, -0.2) is 22.8 Å². The van der Waals surface area contributed by atoms with Gasteiger partial charge in [0, 0.05) is 4.47 Å². The van der Waals surface area contributed by atoms with E-state index >= 15 is 0 Å². The van der Waals surface area contributed by atoms with Gasteiger partial charge in [0.05, 0.1) is 6.61 Å². The minimum Gasteiger partial charge on any atom is -0.461 e. The van der Waals surface area contributed by atoms with Crippen molar-refractivity contribution in [2.75, 3.05) is 6.61 Å². The van der Waals surface area contributed by atoms with E-state index in [1.54, 1.807) is 6.92 Å². The van der Waals surface area contributed by atoms with Gasteiger partial charge >= 0.3 is 5.97 Å². The molecule has 0 radical (unpaired) electrons. The van der Waals surface area contributed by atoms with Gasteiger partial charge in [-0.05, 0) is 30.4 Å². The zero-order chi connectivity index (χ0) is 14.7. The predicted molar refractivity (Wildman–Crippen MR) is 70.0 cm³/mol. The third-order valence-electron chi connectivity index (χ3n) is 2.01. The van der Waals surface area contributed by atoms with E-state index in [9.17, 15) is 13.6 Å². The van der Waals surface area contributed by atoms with Gasteiger partial charge in [-0.2, -0.15) is 4.39 Å². The number of esters is 1. The molecule has 0 saturated heterocycles. The molecule has 1 aromatic carbocycles. The van der Waals surface area contributed by atoms with E-state index in [0.717, 1.165) is 17.4 Å². The number of rotatable bonds is 4. The van der Waals surface area contributed by atoms with Gasteiger partial charge < -0.3 is 9.47 Å². The van der Waals surface area contributed by atoms with Gasteiger partial charge in [0.1, 0.15) is 0 Å². The molecule has 2 aromatic rings. The van der Waals surface area contributed by atoms with E-state index in [1.807, 2.05) is 0 Å². The molecule has 106 valence electrons. The summed E-state index contributed by atoms with van der Waals surface area (Å²) in [5.74, 6) is -3.23. The fraction of sp³-hybridized carbons (Fsp3) is 0.182. The average Bonchev–Trinajstić information content (AvgIpc) is 2.84. The molecule has 9 heteroatoms. The van der Waals surface area contributed by atoms with Gasteiger partial charge in [-0.25, -0.2) is 9.18 Å². The number of carbonyl (C=O) groups is 1. The number of ether oxygens (including phenoxy) is 2. The molecule has 1 heterocycles. The first kappa shape index (κ1) is 14.8. The molecule has 0 unspecified atom stereocenters. The molecule has 0 bridgehead atoms. The number of nitrogens with zero attached hydrogens (tertiary/aromatic N) is 2. The van der Waals surface area contributed by atoms with Crippen LogP contribution in [0.5, 0.6) is 10.9 Å². The van der Waals surface area contributed by atoms with Crippen molar-refractivity contribution >= 4 is 33.2 Å². The Hall–Kier alpha value is -1.61. The van der Waals surface area contributed by atoms with Crippen molar-refractivity contribution in [3.8, 4) is 10.9 Å². The minimum absolute atomic E-state index is 0.0299. The lowest BCUT2D eigenvalue weighted by atomic mass is 10.3. The summed E-state index contributed by atoms with van der Waals surface area (Å²) in [5.41, 5.74) is 0. The third kappa shape index (κ3) is 3.28. The highest BCUT2D eigenvalue weighted by molar-refractivity contribution is 9.10. The van der Waals surface area contributed by atoms with Gasteiger partial charge in [0.2, 0.25) is 10.8 Å². The van der Waals surface area contributed by atoms with E-state index in [-0.39, 0.29) is 22.6 Å². The molecule has 0 amide bonds. The van der Waals surface area contributed by atoms with Crippen LogP contribution in [0.2, 0.25) is 0 Å². The molecule has 0 atom stereocenters. The molecule has 0 spiro atoms. The Kier molecular flexibility index (Phi) is 4.61. The van der Waals surface area contributed by atoms with Crippen LogP contribution in [0.25, 0.3) is 0 Å². The number of hydrogen-bond donors (Lipinski definition) is 0. The highest BCUT2D eigenvalue weighted by Gasteiger charge is 2.18. The number of carbonyl (C=O) groups excluding carboxylic acids is 1. The lowest BCUT2D eigenvalue weighted by Gasteiger charge is -2.04. The number of halogens is 3. The molecule has 2 rings (SSSR count). The predicted octanol–water partition coefficient (Wildman–Crippen LogP) is 3.55. The molecule has 20 heavy (non-hydrogen) atoms. The fourth-order valence-corrected chi connectivity index (χ4v) is 2.24. The van der Waals surface area contributed by atoms with Crippen LogP contribution < -0.4 is 4.74 Å². The Balaban J connectivity index is 2.21. The summed E-state index contributed by atoms with van der Waals surface area (Å²) >= 11 is 3.79. The van der Waals surface area contributed by atoms with Gasteiger partial charge in [0.15, 0.2) is 11.6 Å². The Morgan fingerprint density at radius 3 is 2.85 bits per heavy atom. The van der Waals surface area contributed by atoms with E-state index in [1.165, 1.54) is 6.07 Å². The van der Waals surface area contributed by atoms with Crippen LogP contribution >= 0.6 is 27.3 Å². The number of hydrogen-bond acceptors (Lipinski definition) is 6. The Morgan fingerprint density at radius 2 is 2.15 bits per heavy atom. The van der Waals surface area contributed by atoms with Crippen molar-refractivity contribution in [1.82, 2.24) is 10.2 Å². The molecule has 1 aromatic heterocycles. The zero-order valence-electron chi connectivity index (χ0n) is 10.0. The largest absolute Gasteiger partial charge is 0.461 e. The highest BCUT2D eigenvalue weighted by Crippen LogP contribution is 2.31. The highest BCUT2D eigenvalue weighted by atomic mass is 79.9. The van der Waals surface area contributed by atoms with Gasteiger partial charge in [-0.3, -0.25) is 0 Å². The summed E-state index contributed by atoms with van der Waals surface area (Å²) in [4.78, 5) is 11.4. The quantitative estimate of drug-likeness (QED) is 0.613. The smallest absolute Gasteiger partial charge is 0.369 e. The van der Waals surface area contributed by atoms with E-state index in [2.05, 4.69) is 26.1 Å². The first-order valence-corrected chi connectivity index (χ1v) is 6.95. The van der Waals surface area contributed by atoms with Crippen LogP contribution in [0, 0.1) is 11.6 Å². The summed E-state index contributed by atoms with van der Waals surface area (Å²) in [7, 11) is 0. The molecular weight excluding hydrogens is 358 g/mol. The monoisotopic (exact) mass is 364 g/mol. The summed E-state index contributed by atoms with van der Waals surface area (Å²) in [6, 6.07) is 2.20. The molecule has 0 aliphatic heterocycles. The molecule has 0 aliphatic rings. The standard InChI is InChI=1S/C11H7BrF2N2O3S/c1-2-18-10(17)9-15-16-11(20-9)19-7-4-5(12)3-6(13)8(7)14/h3-4H,2H2,1H3. The second kappa shape index (κ2) is 6.23. The Labute approximate surface area is 124 Å². The van der Waals surface area contributed by atoms with Crippen LogP contribution in [0.15, 0.2) is 16.6 Å². The topological polar surface area (TPSA) is 61.3 Å². The maximum atomic E-state index is 13.5.